The first-order valence-corrected chi connectivity index (χ1v) is 11.4. The van der Waals surface area contributed by atoms with E-state index in [1.54, 1.807) is 0 Å². The van der Waals surface area contributed by atoms with Gasteiger partial charge in [-0.3, -0.25) is 4.90 Å². The number of aliphatic imine (C=N–C) groups is 1. The Morgan fingerprint density at radius 2 is 1.97 bits per heavy atom. The van der Waals surface area contributed by atoms with Crippen LogP contribution in [0.4, 0.5) is 0 Å². The van der Waals surface area contributed by atoms with E-state index in [2.05, 4.69) is 74.8 Å². The third-order valence-electron chi connectivity index (χ3n) is 5.68. The molecular formula is C23H36N6O2. The van der Waals surface area contributed by atoms with Gasteiger partial charge in [0.1, 0.15) is 12.6 Å². The summed E-state index contributed by atoms with van der Waals surface area (Å²) in [4.78, 5) is 11.6. The molecule has 1 aliphatic heterocycles. The molecule has 1 fully saturated rings. The van der Waals surface area contributed by atoms with E-state index in [-0.39, 0.29) is 6.10 Å². The van der Waals surface area contributed by atoms with E-state index in [0.29, 0.717) is 37.0 Å². The number of hydrogen-bond acceptors (Lipinski definition) is 6. The quantitative estimate of drug-likeness (QED) is 0.467. The van der Waals surface area contributed by atoms with Crippen molar-refractivity contribution in [2.24, 2.45) is 4.99 Å². The number of hydrogen-bond donors (Lipinski definition) is 2. The van der Waals surface area contributed by atoms with Gasteiger partial charge in [-0.1, -0.05) is 35.5 Å². The van der Waals surface area contributed by atoms with Gasteiger partial charge in [0.05, 0.1) is 0 Å². The molecule has 2 aromatic rings. The van der Waals surface area contributed by atoms with Gasteiger partial charge in [0.2, 0.25) is 5.89 Å². The van der Waals surface area contributed by atoms with Gasteiger partial charge >= 0.3 is 0 Å². The van der Waals surface area contributed by atoms with Crippen molar-refractivity contribution < 1.29 is 9.26 Å². The normalized spacial score (nSPS) is 18.0. The fourth-order valence-electron chi connectivity index (χ4n) is 3.86. The molecule has 2 heterocycles. The predicted octanol–water partition coefficient (Wildman–Crippen LogP) is 3.45. The van der Waals surface area contributed by atoms with Gasteiger partial charge < -0.3 is 19.9 Å². The van der Waals surface area contributed by atoms with Crippen LogP contribution in [0.2, 0.25) is 0 Å². The van der Waals surface area contributed by atoms with Crippen molar-refractivity contribution in [3.8, 4) is 0 Å². The minimum atomic E-state index is -0.179. The highest BCUT2D eigenvalue weighted by molar-refractivity contribution is 5.80. The van der Waals surface area contributed by atoms with E-state index in [4.69, 9.17) is 9.26 Å². The van der Waals surface area contributed by atoms with Gasteiger partial charge in [-0.25, -0.2) is 4.99 Å². The van der Waals surface area contributed by atoms with E-state index >= 15 is 0 Å². The Labute approximate surface area is 185 Å². The average Bonchev–Trinajstić information content (AvgIpc) is 3.28. The standard InChI is InChI=1S/C23H36N6O2/c1-5-24-23(25-16-21-27-22(28-31-21)18(4)30-6-2)26-20-12-14-29(15-13-20)17(3)19-10-8-7-9-11-19/h7-11,17-18,20H,5-6,12-16H2,1-4H3,(H2,24,25,26). The van der Waals surface area contributed by atoms with Gasteiger partial charge in [-0.2, -0.15) is 4.98 Å². The number of benzene rings is 1. The van der Waals surface area contributed by atoms with Crippen LogP contribution in [-0.2, 0) is 11.3 Å². The molecule has 0 bridgehead atoms. The summed E-state index contributed by atoms with van der Waals surface area (Å²) in [6.07, 6.45) is 1.98. The topological polar surface area (TPSA) is 87.8 Å². The van der Waals surface area contributed by atoms with Crippen LogP contribution in [0, 0.1) is 0 Å². The lowest BCUT2D eigenvalue weighted by atomic mass is 10.0. The van der Waals surface area contributed by atoms with Crippen LogP contribution < -0.4 is 10.6 Å². The average molecular weight is 429 g/mol. The third kappa shape index (κ3) is 6.77. The molecule has 2 unspecified atom stereocenters. The molecule has 8 nitrogen and oxygen atoms in total. The Balaban J connectivity index is 1.51. The molecule has 8 heteroatoms. The molecule has 0 saturated carbocycles. The Morgan fingerprint density at radius 1 is 1.23 bits per heavy atom. The van der Waals surface area contributed by atoms with Gasteiger partial charge in [0.15, 0.2) is 11.8 Å². The summed E-state index contributed by atoms with van der Waals surface area (Å²) in [5.41, 5.74) is 1.38. The van der Waals surface area contributed by atoms with Crippen molar-refractivity contribution in [3.05, 3.63) is 47.6 Å². The molecule has 0 radical (unpaired) electrons. The summed E-state index contributed by atoms with van der Waals surface area (Å²) in [5, 5.41) is 10.9. The number of aromatic nitrogens is 2. The number of piperidine rings is 1. The molecule has 170 valence electrons. The van der Waals surface area contributed by atoms with Crippen molar-refractivity contribution >= 4 is 5.96 Å². The number of rotatable bonds is 9. The number of likely N-dealkylation sites (tertiary alicyclic amines) is 1. The molecule has 1 aromatic heterocycles. The molecule has 1 saturated heterocycles. The Kier molecular flexibility index (Phi) is 8.85. The largest absolute Gasteiger partial charge is 0.371 e. The van der Waals surface area contributed by atoms with Crippen molar-refractivity contribution in [1.29, 1.82) is 0 Å². The second-order valence-electron chi connectivity index (χ2n) is 7.88. The zero-order chi connectivity index (χ0) is 22.1. The Hall–Kier alpha value is -2.45. The highest BCUT2D eigenvalue weighted by Gasteiger charge is 2.24. The molecule has 0 amide bonds. The first-order valence-electron chi connectivity index (χ1n) is 11.4. The summed E-state index contributed by atoms with van der Waals surface area (Å²) in [5.74, 6) is 1.84. The van der Waals surface area contributed by atoms with Crippen LogP contribution in [-0.4, -0.2) is 53.3 Å². The van der Waals surface area contributed by atoms with Crippen LogP contribution in [0.25, 0.3) is 0 Å². The first kappa shape index (κ1) is 23.2. The molecule has 3 rings (SSSR count). The SMILES string of the molecule is CCNC(=NCc1nc(C(C)OCC)no1)NC1CCN(C(C)c2ccccc2)CC1. The molecule has 1 aliphatic rings. The Bertz CT molecular complexity index is 801. The fraction of sp³-hybridized carbons (Fsp3) is 0.609. The number of nitrogens with zero attached hydrogens (tertiary/aromatic N) is 4. The lowest BCUT2D eigenvalue weighted by molar-refractivity contribution is 0.0683. The van der Waals surface area contributed by atoms with Crippen molar-refractivity contribution in [2.45, 2.75) is 65.3 Å². The smallest absolute Gasteiger partial charge is 0.248 e. The van der Waals surface area contributed by atoms with E-state index in [1.807, 2.05) is 13.8 Å². The van der Waals surface area contributed by atoms with Crippen molar-refractivity contribution in [2.75, 3.05) is 26.2 Å². The monoisotopic (exact) mass is 428 g/mol. The van der Waals surface area contributed by atoms with Crippen molar-refractivity contribution in [1.82, 2.24) is 25.7 Å². The predicted molar refractivity (Wildman–Crippen MR) is 122 cm³/mol. The second kappa shape index (κ2) is 11.8. The van der Waals surface area contributed by atoms with Crippen LogP contribution in [0.1, 0.15) is 70.0 Å². The highest BCUT2D eigenvalue weighted by atomic mass is 16.5. The second-order valence-corrected chi connectivity index (χ2v) is 7.88. The molecule has 2 N–H and O–H groups in total. The zero-order valence-corrected chi connectivity index (χ0v) is 19.2. The van der Waals surface area contributed by atoms with E-state index < -0.39 is 0 Å². The maximum Gasteiger partial charge on any atom is 0.248 e. The van der Waals surface area contributed by atoms with Crippen LogP contribution in [0.15, 0.2) is 39.8 Å². The summed E-state index contributed by atoms with van der Waals surface area (Å²) < 4.78 is 10.8. The minimum absolute atomic E-state index is 0.179. The van der Waals surface area contributed by atoms with Crippen molar-refractivity contribution in [3.63, 3.8) is 0 Å². The van der Waals surface area contributed by atoms with E-state index in [0.717, 1.165) is 38.4 Å². The highest BCUT2D eigenvalue weighted by Crippen LogP contribution is 2.24. The summed E-state index contributed by atoms with van der Waals surface area (Å²) >= 11 is 0. The van der Waals surface area contributed by atoms with Crippen LogP contribution >= 0.6 is 0 Å². The molecule has 2 atom stereocenters. The molecular weight excluding hydrogens is 392 g/mol. The van der Waals surface area contributed by atoms with E-state index in [1.165, 1.54) is 5.56 Å². The van der Waals surface area contributed by atoms with Crippen LogP contribution in [0.3, 0.4) is 0 Å². The van der Waals surface area contributed by atoms with Gasteiger partial charge in [0, 0.05) is 38.3 Å². The first-order chi connectivity index (χ1) is 15.1. The Morgan fingerprint density at radius 3 is 2.65 bits per heavy atom. The summed E-state index contributed by atoms with van der Waals surface area (Å²) in [6.45, 7) is 12.1. The third-order valence-corrected chi connectivity index (χ3v) is 5.68. The number of ether oxygens (including phenoxy) is 1. The van der Waals surface area contributed by atoms with Gasteiger partial charge in [0.25, 0.3) is 0 Å². The summed E-state index contributed by atoms with van der Waals surface area (Å²) in [6, 6.07) is 11.6. The fourth-order valence-corrected chi connectivity index (χ4v) is 3.86. The molecule has 1 aromatic carbocycles. The molecule has 0 aliphatic carbocycles. The molecule has 31 heavy (non-hydrogen) atoms. The minimum Gasteiger partial charge on any atom is -0.371 e. The van der Waals surface area contributed by atoms with Gasteiger partial charge in [-0.15, -0.1) is 0 Å². The number of nitrogens with one attached hydrogen (secondary N) is 2. The van der Waals surface area contributed by atoms with Gasteiger partial charge in [-0.05, 0) is 46.1 Å². The number of guanidine groups is 1. The lowest BCUT2D eigenvalue weighted by Gasteiger charge is -2.37. The maximum atomic E-state index is 5.51. The maximum absolute atomic E-state index is 5.51. The zero-order valence-electron chi connectivity index (χ0n) is 19.2. The lowest BCUT2D eigenvalue weighted by Crippen LogP contribution is -2.49. The molecule has 0 spiro atoms. The van der Waals surface area contributed by atoms with Crippen LogP contribution in [0.5, 0.6) is 0 Å². The summed E-state index contributed by atoms with van der Waals surface area (Å²) in [7, 11) is 0. The van der Waals surface area contributed by atoms with E-state index in [9.17, 15) is 0 Å².